The van der Waals surface area contributed by atoms with Crippen molar-refractivity contribution in [3.8, 4) is 0 Å². The third-order valence-electron chi connectivity index (χ3n) is 4.27. The van der Waals surface area contributed by atoms with Gasteiger partial charge in [-0.05, 0) is 55.0 Å². The summed E-state index contributed by atoms with van der Waals surface area (Å²) in [4.78, 5) is 23.6. The zero-order valence-electron chi connectivity index (χ0n) is 15.9. The molecule has 0 fully saturated rings. The molecule has 28 heavy (non-hydrogen) atoms. The normalized spacial score (nSPS) is 11.4. The molecule has 0 aliphatic heterocycles. The second kappa shape index (κ2) is 8.86. The largest absolute Gasteiger partial charge is 0.379 e. The quantitative estimate of drug-likeness (QED) is 0.565. The van der Waals surface area contributed by atoms with Crippen LogP contribution in [-0.4, -0.2) is 11.8 Å². The van der Waals surface area contributed by atoms with Crippen molar-refractivity contribution in [2.45, 2.75) is 19.9 Å². The van der Waals surface area contributed by atoms with E-state index >= 15 is 0 Å². The van der Waals surface area contributed by atoms with Crippen LogP contribution in [0.4, 0.5) is 17.1 Å². The first-order valence-corrected chi connectivity index (χ1v) is 9.12. The number of amides is 2. The van der Waals surface area contributed by atoms with E-state index in [9.17, 15) is 9.59 Å². The van der Waals surface area contributed by atoms with Gasteiger partial charge < -0.3 is 16.0 Å². The molecule has 0 saturated heterocycles. The highest BCUT2D eigenvalue weighted by atomic mass is 16.2. The van der Waals surface area contributed by atoms with Gasteiger partial charge >= 0.3 is 0 Å². The highest BCUT2D eigenvalue weighted by molar-refractivity contribution is 6.05. The van der Waals surface area contributed by atoms with E-state index < -0.39 is 0 Å². The molecule has 1 atom stereocenters. The van der Waals surface area contributed by atoms with Gasteiger partial charge in [-0.15, -0.1) is 0 Å². The molecule has 5 nitrogen and oxygen atoms in total. The number of benzene rings is 3. The fourth-order valence-electron chi connectivity index (χ4n) is 2.87. The average molecular weight is 373 g/mol. The van der Waals surface area contributed by atoms with E-state index in [4.69, 9.17) is 0 Å². The molecule has 0 aromatic heterocycles. The van der Waals surface area contributed by atoms with Crippen LogP contribution in [0.15, 0.2) is 78.9 Å². The van der Waals surface area contributed by atoms with Crippen LogP contribution in [0.25, 0.3) is 0 Å². The zero-order chi connectivity index (χ0) is 19.9. The lowest BCUT2D eigenvalue weighted by Gasteiger charge is -2.16. The minimum Gasteiger partial charge on any atom is -0.379 e. The summed E-state index contributed by atoms with van der Waals surface area (Å²) in [6.45, 7) is 3.54. The van der Waals surface area contributed by atoms with Crippen molar-refractivity contribution in [1.29, 1.82) is 0 Å². The Kier molecular flexibility index (Phi) is 6.07. The molecule has 2 amide bonds. The third-order valence-corrected chi connectivity index (χ3v) is 4.27. The van der Waals surface area contributed by atoms with Crippen LogP contribution >= 0.6 is 0 Å². The fraction of sp³-hybridized carbons (Fsp3) is 0.130. The van der Waals surface area contributed by atoms with Crippen LogP contribution in [0.3, 0.4) is 0 Å². The molecule has 3 aromatic carbocycles. The van der Waals surface area contributed by atoms with E-state index in [1.807, 2.05) is 42.5 Å². The van der Waals surface area contributed by atoms with Gasteiger partial charge in [0.15, 0.2) is 0 Å². The Morgan fingerprint density at radius 1 is 0.750 bits per heavy atom. The van der Waals surface area contributed by atoms with Gasteiger partial charge in [-0.3, -0.25) is 9.59 Å². The summed E-state index contributed by atoms with van der Waals surface area (Å²) in [6, 6.07) is 24.8. The molecule has 142 valence electrons. The molecule has 0 heterocycles. The van der Waals surface area contributed by atoms with Gasteiger partial charge in [-0.25, -0.2) is 0 Å². The predicted molar refractivity (Wildman–Crippen MR) is 114 cm³/mol. The molecule has 1 unspecified atom stereocenters. The van der Waals surface area contributed by atoms with Crippen LogP contribution in [0.2, 0.25) is 0 Å². The molecule has 0 aliphatic carbocycles. The third kappa shape index (κ3) is 5.20. The van der Waals surface area contributed by atoms with Crippen LogP contribution in [0, 0.1) is 0 Å². The van der Waals surface area contributed by atoms with Gasteiger partial charge in [0.25, 0.3) is 5.91 Å². The average Bonchev–Trinajstić information content (AvgIpc) is 2.70. The highest BCUT2D eigenvalue weighted by Crippen LogP contribution is 2.21. The van der Waals surface area contributed by atoms with Gasteiger partial charge in [-0.1, -0.05) is 36.4 Å². The zero-order valence-corrected chi connectivity index (χ0v) is 15.9. The number of anilines is 3. The molecule has 3 N–H and O–H groups in total. The number of hydrogen-bond acceptors (Lipinski definition) is 3. The molecule has 0 spiro atoms. The van der Waals surface area contributed by atoms with Crippen molar-refractivity contribution in [3.63, 3.8) is 0 Å². The summed E-state index contributed by atoms with van der Waals surface area (Å²) in [5.41, 5.74) is 3.95. The lowest BCUT2D eigenvalue weighted by atomic mass is 10.1. The first-order valence-electron chi connectivity index (χ1n) is 9.12. The molecular weight excluding hydrogens is 350 g/mol. The standard InChI is InChI=1S/C23H23N3O2/c1-16(18-7-4-3-5-8-18)24-20-11-13-21(14-12-20)26-23(28)19-9-6-10-22(15-19)25-17(2)27/h3-16,24H,1-2H3,(H,25,27)(H,26,28). The highest BCUT2D eigenvalue weighted by Gasteiger charge is 2.08. The topological polar surface area (TPSA) is 70.2 Å². The predicted octanol–water partition coefficient (Wildman–Crippen LogP) is 5.07. The Balaban J connectivity index is 1.62. The van der Waals surface area contributed by atoms with Gasteiger partial charge in [0.05, 0.1) is 0 Å². The van der Waals surface area contributed by atoms with Crippen LogP contribution in [0.1, 0.15) is 35.8 Å². The van der Waals surface area contributed by atoms with Crippen LogP contribution in [0.5, 0.6) is 0 Å². The Morgan fingerprint density at radius 2 is 1.43 bits per heavy atom. The second-order valence-electron chi connectivity index (χ2n) is 6.57. The molecule has 0 radical (unpaired) electrons. The van der Waals surface area contributed by atoms with Crippen molar-refractivity contribution >= 4 is 28.9 Å². The van der Waals surface area contributed by atoms with E-state index in [1.165, 1.54) is 12.5 Å². The maximum atomic E-state index is 12.5. The number of nitrogens with one attached hydrogen (secondary N) is 3. The number of carbonyl (C=O) groups is 2. The maximum Gasteiger partial charge on any atom is 0.255 e. The van der Waals surface area contributed by atoms with E-state index in [0.29, 0.717) is 16.9 Å². The van der Waals surface area contributed by atoms with Crippen molar-refractivity contribution in [1.82, 2.24) is 0 Å². The van der Waals surface area contributed by atoms with Crippen molar-refractivity contribution in [3.05, 3.63) is 90.0 Å². The second-order valence-corrected chi connectivity index (χ2v) is 6.57. The van der Waals surface area contributed by atoms with Crippen molar-refractivity contribution in [2.75, 3.05) is 16.0 Å². The molecule has 0 saturated carbocycles. The first kappa shape index (κ1) is 19.2. The fourth-order valence-corrected chi connectivity index (χ4v) is 2.87. The summed E-state index contributed by atoms with van der Waals surface area (Å²) >= 11 is 0. The van der Waals surface area contributed by atoms with Crippen molar-refractivity contribution < 1.29 is 9.59 Å². The maximum absolute atomic E-state index is 12.5. The minimum absolute atomic E-state index is 0.176. The Hall–Kier alpha value is -3.60. The summed E-state index contributed by atoms with van der Waals surface area (Å²) in [5.74, 6) is -0.407. The number of rotatable bonds is 6. The van der Waals surface area contributed by atoms with Gasteiger partial charge in [0.1, 0.15) is 0 Å². The van der Waals surface area contributed by atoms with Crippen LogP contribution in [-0.2, 0) is 4.79 Å². The number of hydrogen-bond donors (Lipinski definition) is 3. The summed E-state index contributed by atoms with van der Waals surface area (Å²) in [5, 5.41) is 8.99. The summed E-state index contributed by atoms with van der Waals surface area (Å²) < 4.78 is 0. The lowest BCUT2D eigenvalue weighted by molar-refractivity contribution is -0.114. The molecule has 3 rings (SSSR count). The Bertz CT molecular complexity index is 953. The smallest absolute Gasteiger partial charge is 0.255 e. The van der Waals surface area contributed by atoms with Crippen molar-refractivity contribution in [2.24, 2.45) is 0 Å². The van der Waals surface area contributed by atoms with E-state index in [2.05, 4.69) is 35.0 Å². The Morgan fingerprint density at radius 3 is 2.11 bits per heavy atom. The summed E-state index contributed by atoms with van der Waals surface area (Å²) in [6.07, 6.45) is 0. The van der Waals surface area contributed by atoms with E-state index in [0.717, 1.165) is 5.69 Å². The van der Waals surface area contributed by atoms with Gasteiger partial charge in [0.2, 0.25) is 5.91 Å². The van der Waals surface area contributed by atoms with Crippen LogP contribution < -0.4 is 16.0 Å². The summed E-state index contributed by atoms with van der Waals surface area (Å²) in [7, 11) is 0. The monoisotopic (exact) mass is 373 g/mol. The molecule has 0 bridgehead atoms. The molecule has 5 heteroatoms. The van der Waals surface area contributed by atoms with E-state index in [-0.39, 0.29) is 17.9 Å². The van der Waals surface area contributed by atoms with E-state index in [1.54, 1.807) is 24.3 Å². The SMILES string of the molecule is CC(=O)Nc1cccc(C(=O)Nc2ccc(NC(C)c3ccccc3)cc2)c1. The lowest BCUT2D eigenvalue weighted by Crippen LogP contribution is -2.13. The first-order chi connectivity index (χ1) is 13.5. The van der Waals surface area contributed by atoms with Gasteiger partial charge in [0, 0.05) is 35.6 Å². The molecular formula is C23H23N3O2. The Labute approximate surface area is 164 Å². The minimum atomic E-state index is -0.231. The van der Waals surface area contributed by atoms with Gasteiger partial charge in [-0.2, -0.15) is 0 Å². The number of carbonyl (C=O) groups excluding carboxylic acids is 2. The molecule has 3 aromatic rings. The molecule has 0 aliphatic rings.